The molecule has 0 radical (unpaired) electrons. The summed E-state index contributed by atoms with van der Waals surface area (Å²) in [4.78, 5) is 37.0. The largest absolute Gasteiger partial charge is 0.458 e. The first-order valence-corrected chi connectivity index (χ1v) is 9.66. The molecule has 0 unspecified atom stereocenters. The lowest BCUT2D eigenvalue weighted by Crippen LogP contribution is -2.49. The predicted octanol–water partition coefficient (Wildman–Crippen LogP) is 3.80. The normalized spacial score (nSPS) is 34.9. The first-order chi connectivity index (χ1) is 13.1. The van der Waals surface area contributed by atoms with Crippen LogP contribution < -0.4 is 0 Å². The van der Waals surface area contributed by atoms with E-state index in [-0.39, 0.29) is 0 Å². The summed E-state index contributed by atoms with van der Waals surface area (Å²) in [5, 5.41) is 0. The maximum atomic E-state index is 12.7. The molecule has 0 saturated carbocycles. The molecule has 2 rings (SSSR count). The second kappa shape index (κ2) is 8.76. The van der Waals surface area contributed by atoms with E-state index in [1.807, 2.05) is 19.9 Å². The fourth-order valence-corrected chi connectivity index (χ4v) is 3.78. The Hall–Kier alpha value is -2.37. The van der Waals surface area contributed by atoms with Gasteiger partial charge in [0, 0.05) is 18.9 Å². The highest BCUT2D eigenvalue weighted by Gasteiger charge is 2.60. The van der Waals surface area contributed by atoms with Crippen LogP contribution in [0.3, 0.4) is 0 Å². The molecule has 0 aromatic rings. The average molecular weight is 390 g/mol. The Balaban J connectivity index is 2.54. The Kier molecular flexibility index (Phi) is 6.86. The number of allylic oxidation sites excluding steroid dienone is 3. The third-order valence-electron chi connectivity index (χ3n) is 5.41. The molecule has 1 fully saturated rings. The lowest BCUT2D eigenvalue weighted by molar-refractivity contribution is -0.176. The SMILES string of the molecule is C/C=C(/C)C(=O)O[C@H]1C/C(C)=C/CC/C(C)=C/[C@H]2OC(=O)[C@](C)(OC(C)=O)[C@@H]12. The molecule has 28 heavy (non-hydrogen) atoms. The molecule has 0 spiro atoms. The van der Waals surface area contributed by atoms with Crippen molar-refractivity contribution in [1.82, 2.24) is 0 Å². The van der Waals surface area contributed by atoms with Crippen LogP contribution in [0.25, 0.3) is 0 Å². The molecule has 1 saturated heterocycles. The molecule has 2 aliphatic rings. The first-order valence-electron chi connectivity index (χ1n) is 9.66. The highest BCUT2D eigenvalue weighted by molar-refractivity contribution is 5.88. The number of carbonyl (C=O) groups is 3. The minimum absolute atomic E-state index is 0.435. The van der Waals surface area contributed by atoms with Gasteiger partial charge >= 0.3 is 17.9 Å². The van der Waals surface area contributed by atoms with E-state index in [1.165, 1.54) is 6.92 Å². The minimum Gasteiger partial charge on any atom is -0.458 e. The third kappa shape index (κ3) is 4.72. The van der Waals surface area contributed by atoms with Crippen LogP contribution in [0.4, 0.5) is 0 Å². The molecular weight excluding hydrogens is 360 g/mol. The lowest BCUT2D eigenvalue weighted by atomic mass is 9.79. The van der Waals surface area contributed by atoms with Crippen LogP contribution in [-0.4, -0.2) is 35.7 Å². The van der Waals surface area contributed by atoms with Crippen molar-refractivity contribution in [2.24, 2.45) is 5.92 Å². The van der Waals surface area contributed by atoms with Crippen LogP contribution in [0.2, 0.25) is 0 Å². The summed E-state index contributed by atoms with van der Waals surface area (Å²) < 4.78 is 16.9. The fraction of sp³-hybridized carbons (Fsp3) is 0.591. The van der Waals surface area contributed by atoms with Crippen LogP contribution in [-0.2, 0) is 28.6 Å². The van der Waals surface area contributed by atoms with Crippen LogP contribution in [0, 0.1) is 5.92 Å². The van der Waals surface area contributed by atoms with Crippen molar-refractivity contribution in [2.75, 3.05) is 0 Å². The van der Waals surface area contributed by atoms with E-state index in [1.54, 1.807) is 26.8 Å². The van der Waals surface area contributed by atoms with Gasteiger partial charge in [-0.3, -0.25) is 4.79 Å². The van der Waals surface area contributed by atoms with Gasteiger partial charge in [-0.1, -0.05) is 23.3 Å². The van der Waals surface area contributed by atoms with E-state index in [0.717, 1.165) is 24.0 Å². The summed E-state index contributed by atoms with van der Waals surface area (Å²) in [6.07, 6.45) is 6.49. The summed E-state index contributed by atoms with van der Waals surface area (Å²) in [7, 11) is 0. The van der Waals surface area contributed by atoms with Crippen molar-refractivity contribution in [3.05, 3.63) is 34.9 Å². The van der Waals surface area contributed by atoms with Crippen LogP contribution >= 0.6 is 0 Å². The van der Waals surface area contributed by atoms with Crippen molar-refractivity contribution >= 4 is 17.9 Å². The van der Waals surface area contributed by atoms with Gasteiger partial charge < -0.3 is 14.2 Å². The maximum absolute atomic E-state index is 12.7. The highest BCUT2D eigenvalue weighted by atomic mass is 16.6. The maximum Gasteiger partial charge on any atom is 0.351 e. The van der Waals surface area contributed by atoms with Gasteiger partial charge in [0.2, 0.25) is 5.60 Å². The first kappa shape index (κ1) is 21.9. The Morgan fingerprint density at radius 2 is 1.93 bits per heavy atom. The van der Waals surface area contributed by atoms with Crippen molar-refractivity contribution in [1.29, 1.82) is 0 Å². The van der Waals surface area contributed by atoms with E-state index in [9.17, 15) is 14.4 Å². The molecule has 1 heterocycles. The molecule has 1 aliphatic heterocycles. The predicted molar refractivity (Wildman–Crippen MR) is 104 cm³/mol. The van der Waals surface area contributed by atoms with Gasteiger partial charge in [0.1, 0.15) is 12.2 Å². The summed E-state index contributed by atoms with van der Waals surface area (Å²) in [5.41, 5.74) is 1.06. The van der Waals surface area contributed by atoms with E-state index in [2.05, 4.69) is 6.08 Å². The third-order valence-corrected chi connectivity index (χ3v) is 5.41. The van der Waals surface area contributed by atoms with Gasteiger partial charge in [0.25, 0.3) is 0 Å². The van der Waals surface area contributed by atoms with Crippen LogP contribution in [0.1, 0.15) is 60.8 Å². The number of esters is 3. The van der Waals surface area contributed by atoms with Gasteiger partial charge in [-0.05, 0) is 53.5 Å². The van der Waals surface area contributed by atoms with Crippen molar-refractivity contribution in [2.45, 2.75) is 78.6 Å². The minimum atomic E-state index is -1.53. The average Bonchev–Trinajstić information content (AvgIpc) is 2.82. The number of hydrogen-bond donors (Lipinski definition) is 0. The summed E-state index contributed by atoms with van der Waals surface area (Å²) in [6, 6.07) is 0. The molecule has 0 aromatic carbocycles. The molecule has 0 N–H and O–H groups in total. The second-order valence-corrected chi connectivity index (χ2v) is 7.82. The molecular formula is C22H30O6. The second-order valence-electron chi connectivity index (χ2n) is 7.82. The number of ether oxygens (including phenoxy) is 3. The van der Waals surface area contributed by atoms with Gasteiger partial charge in [-0.15, -0.1) is 0 Å². The molecule has 6 nitrogen and oxygen atoms in total. The van der Waals surface area contributed by atoms with Crippen molar-refractivity contribution in [3.8, 4) is 0 Å². The highest BCUT2D eigenvalue weighted by Crippen LogP contribution is 2.42. The molecule has 0 amide bonds. The van der Waals surface area contributed by atoms with Crippen molar-refractivity contribution < 1.29 is 28.6 Å². The number of rotatable bonds is 3. The molecule has 154 valence electrons. The molecule has 6 heteroatoms. The molecule has 4 atom stereocenters. The van der Waals surface area contributed by atoms with Gasteiger partial charge in [0.05, 0.1) is 5.92 Å². The van der Waals surface area contributed by atoms with E-state index in [0.29, 0.717) is 12.0 Å². The number of carbonyl (C=O) groups excluding carboxylic acids is 3. The van der Waals surface area contributed by atoms with Crippen LogP contribution in [0.5, 0.6) is 0 Å². The summed E-state index contributed by atoms with van der Waals surface area (Å²) in [5.74, 6) is -2.30. The number of fused-ring (bicyclic) bond motifs is 1. The summed E-state index contributed by atoms with van der Waals surface area (Å²) in [6.45, 7) is 10.2. The van der Waals surface area contributed by atoms with E-state index < -0.39 is 41.6 Å². The fourth-order valence-electron chi connectivity index (χ4n) is 3.78. The zero-order valence-electron chi connectivity index (χ0n) is 17.5. The van der Waals surface area contributed by atoms with Gasteiger partial charge in [0.15, 0.2) is 0 Å². The summed E-state index contributed by atoms with van der Waals surface area (Å²) >= 11 is 0. The Bertz CT molecular complexity index is 744. The molecule has 0 aromatic heterocycles. The molecule has 1 aliphatic carbocycles. The smallest absolute Gasteiger partial charge is 0.351 e. The van der Waals surface area contributed by atoms with E-state index in [4.69, 9.17) is 14.2 Å². The van der Waals surface area contributed by atoms with E-state index >= 15 is 0 Å². The monoisotopic (exact) mass is 390 g/mol. The topological polar surface area (TPSA) is 78.9 Å². The quantitative estimate of drug-likeness (QED) is 0.316. The number of hydrogen-bond acceptors (Lipinski definition) is 6. The van der Waals surface area contributed by atoms with Gasteiger partial charge in [-0.2, -0.15) is 0 Å². The zero-order valence-corrected chi connectivity index (χ0v) is 17.5. The Morgan fingerprint density at radius 3 is 2.54 bits per heavy atom. The Labute approximate surface area is 166 Å². The molecule has 0 bridgehead atoms. The van der Waals surface area contributed by atoms with Gasteiger partial charge in [-0.25, -0.2) is 9.59 Å². The van der Waals surface area contributed by atoms with Crippen molar-refractivity contribution in [3.63, 3.8) is 0 Å². The van der Waals surface area contributed by atoms with Crippen LogP contribution in [0.15, 0.2) is 34.9 Å². The lowest BCUT2D eigenvalue weighted by Gasteiger charge is -2.34. The standard InChI is InChI=1S/C22H30O6/c1-7-15(4)20(24)26-17-11-13(2)9-8-10-14(3)12-18-19(17)22(6,21(25)27-18)28-16(5)23/h7,9,12,17-19H,8,10-11H2,1-6H3/b13-9+,14-12+,15-7-/t17-,18+,19-,22+/m0/s1. The Morgan fingerprint density at radius 1 is 1.25 bits per heavy atom. The zero-order chi connectivity index (χ0) is 21.1.